The van der Waals surface area contributed by atoms with Crippen molar-refractivity contribution in [2.75, 3.05) is 32.9 Å². The highest BCUT2D eigenvalue weighted by Crippen LogP contribution is 2.29. The summed E-state index contributed by atoms with van der Waals surface area (Å²) >= 11 is 0. The second-order valence-corrected chi connectivity index (χ2v) is 10.5. The van der Waals surface area contributed by atoms with Crippen LogP contribution in [0.3, 0.4) is 0 Å². The second-order valence-electron chi connectivity index (χ2n) is 8.08. The average molecular weight is 504 g/mol. The summed E-state index contributed by atoms with van der Waals surface area (Å²) in [6.45, 7) is 1.92. The summed E-state index contributed by atoms with van der Waals surface area (Å²) in [6, 6.07) is 8.22. The van der Waals surface area contributed by atoms with Crippen molar-refractivity contribution >= 4 is 32.3 Å². The number of halogens is 1. The van der Waals surface area contributed by atoms with Crippen LogP contribution in [0.25, 0.3) is 16.6 Å². The maximum absolute atomic E-state index is 14.5. The van der Waals surface area contributed by atoms with Crippen molar-refractivity contribution in [2.45, 2.75) is 25.1 Å². The van der Waals surface area contributed by atoms with Crippen LogP contribution in [0.4, 0.5) is 10.3 Å². The van der Waals surface area contributed by atoms with E-state index in [1.54, 1.807) is 27.2 Å². The minimum absolute atomic E-state index is 0.0440. The molecular weight excluding hydrogens is 477 g/mol. The van der Waals surface area contributed by atoms with Crippen LogP contribution in [0.2, 0.25) is 0 Å². The third kappa shape index (κ3) is 4.92. The molecule has 10 nitrogen and oxygen atoms in total. The van der Waals surface area contributed by atoms with Gasteiger partial charge in [0.25, 0.3) is 0 Å². The number of ether oxygens (including phenoxy) is 3. The van der Waals surface area contributed by atoms with Gasteiger partial charge in [0.05, 0.1) is 32.1 Å². The van der Waals surface area contributed by atoms with Crippen molar-refractivity contribution < 1.29 is 27.0 Å². The quantitative estimate of drug-likeness (QED) is 0.368. The van der Waals surface area contributed by atoms with E-state index in [1.165, 1.54) is 30.0 Å². The molecule has 0 amide bonds. The lowest BCUT2D eigenvalue weighted by Gasteiger charge is -2.13. The first kappa shape index (κ1) is 24.5. The molecule has 0 saturated heterocycles. The molecule has 0 aliphatic rings. The summed E-state index contributed by atoms with van der Waals surface area (Å²) in [5, 5.41) is 7.45. The minimum atomic E-state index is -3.29. The van der Waals surface area contributed by atoms with Gasteiger partial charge in [-0.05, 0) is 25.1 Å². The van der Waals surface area contributed by atoms with Crippen molar-refractivity contribution in [3.05, 3.63) is 47.5 Å². The lowest BCUT2D eigenvalue weighted by Crippen LogP contribution is -2.19. The van der Waals surface area contributed by atoms with Crippen LogP contribution in [-0.2, 0) is 22.8 Å². The Bertz CT molecular complexity index is 1510. The molecular formula is C23H26FN5O5S. The maximum Gasteiger partial charge on any atom is 0.226 e. The molecule has 2 heterocycles. The van der Waals surface area contributed by atoms with Crippen molar-refractivity contribution in [2.24, 2.45) is 0 Å². The van der Waals surface area contributed by atoms with Gasteiger partial charge in [-0.2, -0.15) is 4.52 Å². The summed E-state index contributed by atoms with van der Waals surface area (Å²) in [5.41, 5.74) is 1.62. The predicted octanol–water partition coefficient (Wildman–Crippen LogP) is 3.03. The van der Waals surface area contributed by atoms with E-state index in [0.29, 0.717) is 46.4 Å². The molecule has 4 rings (SSSR count). The highest BCUT2D eigenvalue weighted by Gasteiger charge is 2.21. The largest absolute Gasteiger partial charge is 0.497 e. The number of nitrogens with one attached hydrogen (secondary N) is 1. The van der Waals surface area contributed by atoms with E-state index in [9.17, 15) is 12.8 Å². The molecule has 0 bridgehead atoms. The molecule has 0 aliphatic heterocycles. The number of aromatic nitrogens is 4. The second kappa shape index (κ2) is 9.53. The molecule has 35 heavy (non-hydrogen) atoms. The molecule has 2 aromatic heterocycles. The number of hydrogen-bond donors (Lipinski definition) is 1. The summed E-state index contributed by atoms with van der Waals surface area (Å²) < 4.78 is 55.7. The van der Waals surface area contributed by atoms with E-state index < -0.39 is 20.9 Å². The Morgan fingerprint density at radius 1 is 1.06 bits per heavy atom. The van der Waals surface area contributed by atoms with Gasteiger partial charge in [-0.15, -0.1) is 5.10 Å². The first-order valence-corrected chi connectivity index (χ1v) is 12.7. The Kier molecular flexibility index (Phi) is 6.66. The first-order valence-electron chi connectivity index (χ1n) is 10.7. The van der Waals surface area contributed by atoms with Crippen molar-refractivity contribution in [3.63, 3.8) is 0 Å². The predicted molar refractivity (Wildman–Crippen MR) is 130 cm³/mol. The smallest absolute Gasteiger partial charge is 0.226 e. The van der Waals surface area contributed by atoms with Crippen LogP contribution in [-0.4, -0.2) is 60.8 Å². The third-order valence-electron chi connectivity index (χ3n) is 5.72. The van der Waals surface area contributed by atoms with E-state index in [-0.39, 0.29) is 12.2 Å². The summed E-state index contributed by atoms with van der Waals surface area (Å²) in [4.78, 5) is 9.14. The fourth-order valence-corrected chi connectivity index (χ4v) is 4.04. The van der Waals surface area contributed by atoms with E-state index in [0.717, 1.165) is 5.56 Å². The number of anilines is 1. The highest BCUT2D eigenvalue weighted by atomic mass is 32.2. The van der Waals surface area contributed by atoms with Crippen LogP contribution in [0.15, 0.2) is 30.3 Å². The number of benzene rings is 2. The number of sulfone groups is 1. The van der Waals surface area contributed by atoms with Gasteiger partial charge < -0.3 is 19.5 Å². The topological polar surface area (TPSA) is 117 Å². The zero-order valence-corrected chi connectivity index (χ0v) is 20.8. The zero-order valence-electron chi connectivity index (χ0n) is 20.0. The SMILES string of the molecule is COc1ccc(CNc2nc3cc(OC)c(F)cc3c3nc(C[C@H](C)S(C)(=O)=O)nn23)c(OC)c1. The molecule has 186 valence electrons. The van der Waals surface area contributed by atoms with Gasteiger partial charge in [-0.25, -0.2) is 22.8 Å². The molecule has 2 aromatic carbocycles. The van der Waals surface area contributed by atoms with E-state index >= 15 is 0 Å². The fraction of sp³-hybridized carbons (Fsp3) is 0.348. The standard InChI is InChI=1S/C23H26FN5O5S/c1-13(35(5,30)31)8-21-27-22-16-10-17(24)20(34-4)11-18(16)26-23(29(22)28-21)25-12-14-6-7-15(32-2)9-19(14)33-3/h6-7,9-11,13H,8,12H2,1-5H3,(H,25,26)/t13-/m0/s1. The van der Waals surface area contributed by atoms with Crippen molar-refractivity contribution in [3.8, 4) is 17.2 Å². The first-order chi connectivity index (χ1) is 16.6. The van der Waals surface area contributed by atoms with E-state index in [2.05, 4.69) is 20.4 Å². The van der Waals surface area contributed by atoms with Gasteiger partial charge in [-0.3, -0.25) is 0 Å². The van der Waals surface area contributed by atoms with Crippen LogP contribution < -0.4 is 19.5 Å². The lowest BCUT2D eigenvalue weighted by molar-refractivity contribution is 0.387. The van der Waals surface area contributed by atoms with Crippen LogP contribution in [0, 0.1) is 5.82 Å². The van der Waals surface area contributed by atoms with Gasteiger partial charge in [0.2, 0.25) is 5.95 Å². The lowest BCUT2D eigenvalue weighted by atomic mass is 10.2. The maximum atomic E-state index is 14.5. The highest BCUT2D eigenvalue weighted by molar-refractivity contribution is 7.91. The van der Waals surface area contributed by atoms with Gasteiger partial charge in [0, 0.05) is 42.3 Å². The Morgan fingerprint density at radius 3 is 2.46 bits per heavy atom. The van der Waals surface area contributed by atoms with Crippen LogP contribution >= 0.6 is 0 Å². The Labute approximate surface area is 202 Å². The molecule has 1 N–H and O–H groups in total. The average Bonchev–Trinajstić information content (AvgIpc) is 3.25. The Morgan fingerprint density at radius 2 is 1.80 bits per heavy atom. The fourth-order valence-electron chi connectivity index (χ4n) is 3.59. The zero-order chi connectivity index (χ0) is 25.3. The molecule has 0 spiro atoms. The van der Waals surface area contributed by atoms with Gasteiger partial charge in [0.15, 0.2) is 23.0 Å². The number of nitrogens with zero attached hydrogens (tertiary/aromatic N) is 4. The molecule has 0 saturated carbocycles. The van der Waals surface area contributed by atoms with Gasteiger partial charge in [-0.1, -0.05) is 0 Å². The number of fused-ring (bicyclic) bond motifs is 3. The molecule has 12 heteroatoms. The van der Waals surface area contributed by atoms with Gasteiger partial charge in [0.1, 0.15) is 21.3 Å². The Balaban J connectivity index is 1.80. The van der Waals surface area contributed by atoms with Crippen LogP contribution in [0.5, 0.6) is 17.2 Å². The van der Waals surface area contributed by atoms with Gasteiger partial charge >= 0.3 is 0 Å². The molecule has 4 aromatic rings. The van der Waals surface area contributed by atoms with Crippen molar-refractivity contribution in [1.82, 2.24) is 19.6 Å². The monoisotopic (exact) mass is 503 g/mol. The molecule has 0 aliphatic carbocycles. The minimum Gasteiger partial charge on any atom is -0.497 e. The molecule has 1 atom stereocenters. The molecule has 0 radical (unpaired) electrons. The summed E-state index contributed by atoms with van der Waals surface area (Å²) in [6.07, 6.45) is 1.27. The van der Waals surface area contributed by atoms with E-state index in [4.69, 9.17) is 14.2 Å². The number of methoxy groups -OCH3 is 3. The third-order valence-corrected chi connectivity index (χ3v) is 7.35. The normalized spacial score (nSPS) is 12.6. The molecule has 0 unspecified atom stereocenters. The van der Waals surface area contributed by atoms with Crippen LogP contribution in [0.1, 0.15) is 18.3 Å². The number of hydrogen-bond acceptors (Lipinski definition) is 9. The van der Waals surface area contributed by atoms with Crippen molar-refractivity contribution in [1.29, 1.82) is 0 Å². The Hall–Kier alpha value is -3.67. The summed E-state index contributed by atoms with van der Waals surface area (Å²) in [7, 11) is 1.23. The van der Waals surface area contributed by atoms with E-state index in [1.807, 2.05) is 12.1 Å². The molecule has 0 fully saturated rings. The number of rotatable bonds is 9. The summed E-state index contributed by atoms with van der Waals surface area (Å²) in [5.74, 6) is 1.40.